The molecule has 1 aromatic carbocycles. The van der Waals surface area contributed by atoms with Gasteiger partial charge in [0.05, 0.1) is 33.0 Å². The fraction of sp³-hybridized carbons (Fsp3) is 0.750. The van der Waals surface area contributed by atoms with Crippen LogP contribution < -0.4 is 26.0 Å². The van der Waals surface area contributed by atoms with Crippen LogP contribution in [0.3, 0.4) is 0 Å². The van der Waals surface area contributed by atoms with Crippen LogP contribution in [0.15, 0.2) is 36.4 Å². The second-order valence-corrected chi connectivity index (χ2v) is 18.7. The highest BCUT2D eigenvalue weighted by molar-refractivity contribution is 5.94. The molecular weight excluding hydrogens is 985 g/mol. The molecule has 20 atom stereocenters. The molecule has 26 heteroatoms. The Balaban J connectivity index is 1.32. The quantitative estimate of drug-likeness (QED) is 0.0326. The lowest BCUT2D eigenvalue weighted by Crippen LogP contribution is -2.71. The van der Waals surface area contributed by atoms with Gasteiger partial charge in [0.2, 0.25) is 17.7 Å². The molecule has 4 aliphatic heterocycles. The van der Waals surface area contributed by atoms with Gasteiger partial charge in [-0.1, -0.05) is 44.4 Å². The first-order chi connectivity index (χ1) is 35.4. The summed E-state index contributed by atoms with van der Waals surface area (Å²) in [6.07, 6.45) is -16.1. The van der Waals surface area contributed by atoms with Crippen molar-refractivity contribution >= 4 is 23.6 Å². The smallest absolute Gasteiger partial charge is 0.251 e. The van der Waals surface area contributed by atoms with E-state index in [2.05, 4.69) is 40.3 Å². The van der Waals surface area contributed by atoms with Gasteiger partial charge in [0, 0.05) is 26.3 Å². The molecule has 5 rings (SSSR count). The highest BCUT2D eigenvalue weighted by Gasteiger charge is 2.56. The number of hydrogen-bond donors (Lipinski definition) is 14. The summed E-state index contributed by atoms with van der Waals surface area (Å²) in [7, 11) is 0. The maximum atomic E-state index is 13.8. The van der Waals surface area contributed by atoms with E-state index in [1.807, 2.05) is 0 Å². The van der Waals surface area contributed by atoms with E-state index in [4.69, 9.17) is 37.9 Å². The zero-order chi connectivity index (χ0) is 54.2. The number of carbonyl (C=O) groups excluding carboxylic acids is 4. The predicted molar refractivity (Wildman–Crippen MR) is 253 cm³/mol. The van der Waals surface area contributed by atoms with Gasteiger partial charge in [-0.05, 0) is 43.9 Å². The third-order valence-electron chi connectivity index (χ3n) is 13.0. The number of aliphatic hydroxyl groups is 10. The van der Waals surface area contributed by atoms with Crippen molar-refractivity contribution in [2.75, 3.05) is 33.0 Å². The number of ether oxygens (including phenoxy) is 8. The van der Waals surface area contributed by atoms with Crippen molar-refractivity contribution in [1.82, 2.24) is 21.3 Å². The summed E-state index contributed by atoms with van der Waals surface area (Å²) in [5, 5.41) is 119. The highest BCUT2D eigenvalue weighted by Crippen LogP contribution is 2.35. The van der Waals surface area contributed by atoms with E-state index in [0.29, 0.717) is 12.4 Å². The zero-order valence-corrected chi connectivity index (χ0v) is 41.9. The van der Waals surface area contributed by atoms with E-state index < -0.39 is 173 Å². The summed E-state index contributed by atoms with van der Waals surface area (Å²) >= 11 is 0. The molecule has 0 radical (unpaired) electrons. The van der Waals surface area contributed by atoms with E-state index in [1.54, 1.807) is 12.1 Å². The van der Waals surface area contributed by atoms with Gasteiger partial charge in [0.25, 0.3) is 5.91 Å². The van der Waals surface area contributed by atoms with Crippen LogP contribution in [0, 0.1) is 0 Å². The lowest BCUT2D eigenvalue weighted by molar-refractivity contribution is -0.361. The number of hydrogen-bond acceptors (Lipinski definition) is 22. The molecule has 74 heavy (non-hydrogen) atoms. The molecule has 0 saturated carbocycles. The number of benzene rings is 1. The Hall–Kier alpha value is -4.04. The van der Waals surface area contributed by atoms with Gasteiger partial charge in [-0.15, -0.1) is 0 Å². The lowest BCUT2D eigenvalue weighted by atomic mass is 9.93. The Morgan fingerprint density at radius 2 is 0.986 bits per heavy atom. The van der Waals surface area contributed by atoms with Crippen molar-refractivity contribution in [2.45, 2.75) is 195 Å². The number of allylic oxidation sites excluding steroid dienone is 2. The molecule has 0 bridgehead atoms. The minimum absolute atomic E-state index is 0.0817. The Labute approximate surface area is 428 Å². The monoisotopic (exact) mass is 1060 g/mol. The van der Waals surface area contributed by atoms with Crippen molar-refractivity contribution in [3.8, 4) is 5.75 Å². The van der Waals surface area contributed by atoms with E-state index >= 15 is 0 Å². The Morgan fingerprint density at radius 3 is 1.47 bits per heavy atom. The van der Waals surface area contributed by atoms with Crippen LogP contribution in [0.1, 0.15) is 83.0 Å². The second-order valence-electron chi connectivity index (χ2n) is 18.7. The Kier molecular flexibility index (Phi) is 24.2. The largest absolute Gasteiger partial charge is 0.494 e. The Morgan fingerprint density at radius 1 is 0.541 bits per heavy atom. The third kappa shape index (κ3) is 16.0. The van der Waals surface area contributed by atoms with E-state index in [0.717, 1.165) is 46.5 Å². The summed E-state index contributed by atoms with van der Waals surface area (Å²) in [6, 6.07) is -0.191. The van der Waals surface area contributed by atoms with Gasteiger partial charge in [-0.25, -0.2) is 0 Å². The van der Waals surface area contributed by atoms with Gasteiger partial charge in [-0.2, -0.15) is 0 Å². The topological polar surface area (TPSA) is 393 Å². The van der Waals surface area contributed by atoms with Crippen molar-refractivity contribution in [3.05, 3.63) is 42.0 Å². The SMILES string of the molecule is CCCCCC/C=C\CCCOc1cccc(C(=O)NC2C(O)[C@H](O)C(CO)O[C@H]2O[C@@H]2C(CO)O[C@@H](O[C@@H]3C(CO)O[C@@H](O[C@@H]4C(CO)O[C@@H](O)C(NC(C)=O)C4O)C(NC(C)=O)[C@H]3O)C(NC(C)=O)C2O)c1. The fourth-order valence-electron chi connectivity index (χ4n) is 9.21. The van der Waals surface area contributed by atoms with E-state index in [9.17, 15) is 70.2 Å². The fourth-order valence-corrected chi connectivity index (χ4v) is 9.21. The van der Waals surface area contributed by atoms with E-state index in [1.165, 1.54) is 31.4 Å². The molecule has 0 aromatic heterocycles. The molecule has 26 nitrogen and oxygen atoms in total. The van der Waals surface area contributed by atoms with Crippen LogP contribution in [0.2, 0.25) is 0 Å². The summed E-state index contributed by atoms with van der Waals surface area (Å²) < 4.78 is 47.4. The standard InChI is InChI=1S/C48H76N4O22/c1-5-6-7-8-9-10-11-12-13-17-67-27-16-14-15-26(18-27)44(65)52-33-37(61)36(60)28(19-53)69-46(33)73-42-30(21-55)71-48(35(39(42)63)51-25(4)59)74-43-31(22-56)70-47(34(40(43)64)50-24(3)58)72-41-29(20-54)68-45(66)32(38(41)62)49-23(2)57/h10-11,14-16,18,28-43,45-48,53-56,60-64,66H,5-9,12-13,17,19-22H2,1-4H3,(H,49,57)(H,50,58)(H,51,59)(H,52,65)/b11-10-/t28?,29?,30?,31?,32?,33?,34?,35?,36-,37?,38?,39?,40-,41-,42-,43-,45-,46+,47+,48+/m1/s1. The predicted octanol–water partition coefficient (Wildman–Crippen LogP) is -4.19. The number of amides is 4. The first kappa shape index (κ1) is 60.8. The van der Waals surface area contributed by atoms with Crippen LogP contribution in [0.5, 0.6) is 5.75 Å². The normalized spacial score (nSPS) is 36.5. The molecule has 4 heterocycles. The average molecular weight is 1060 g/mol. The molecule has 0 spiro atoms. The summed E-state index contributed by atoms with van der Waals surface area (Å²) in [5.41, 5.74) is 0.0817. The second kappa shape index (κ2) is 29.5. The number of rotatable bonds is 25. The van der Waals surface area contributed by atoms with Crippen molar-refractivity contribution < 1.29 is 108 Å². The van der Waals surface area contributed by atoms with Gasteiger partial charge in [0.15, 0.2) is 25.2 Å². The number of carbonyl (C=O) groups is 4. The minimum Gasteiger partial charge on any atom is -0.494 e. The molecule has 4 fully saturated rings. The molecule has 420 valence electrons. The average Bonchev–Trinajstić information content (AvgIpc) is 3.36. The maximum absolute atomic E-state index is 13.8. The molecule has 14 N–H and O–H groups in total. The molecule has 4 saturated heterocycles. The summed E-state index contributed by atoms with van der Waals surface area (Å²) in [4.78, 5) is 50.9. The maximum Gasteiger partial charge on any atom is 0.251 e. The number of aliphatic hydroxyl groups excluding tert-OH is 10. The molecule has 0 aliphatic carbocycles. The van der Waals surface area contributed by atoms with Crippen LogP contribution in [-0.2, 0) is 47.5 Å². The lowest BCUT2D eigenvalue weighted by Gasteiger charge is -2.51. The number of nitrogens with one attached hydrogen (secondary N) is 4. The summed E-state index contributed by atoms with van der Waals surface area (Å²) in [5.74, 6) is -2.58. The molecule has 4 amide bonds. The minimum atomic E-state index is -1.94. The van der Waals surface area contributed by atoms with Gasteiger partial charge >= 0.3 is 0 Å². The highest BCUT2D eigenvalue weighted by atomic mass is 16.8. The van der Waals surface area contributed by atoms with Crippen molar-refractivity contribution in [2.24, 2.45) is 0 Å². The van der Waals surface area contributed by atoms with Gasteiger partial charge in [0.1, 0.15) is 103 Å². The molecule has 11 unspecified atom stereocenters. The molecule has 4 aliphatic rings. The van der Waals surface area contributed by atoms with Crippen LogP contribution >= 0.6 is 0 Å². The third-order valence-corrected chi connectivity index (χ3v) is 13.0. The van der Waals surface area contributed by atoms with Crippen LogP contribution in [0.4, 0.5) is 0 Å². The van der Waals surface area contributed by atoms with Crippen LogP contribution in [0.25, 0.3) is 0 Å². The van der Waals surface area contributed by atoms with Crippen molar-refractivity contribution in [1.29, 1.82) is 0 Å². The van der Waals surface area contributed by atoms with E-state index in [-0.39, 0.29) is 5.56 Å². The zero-order valence-electron chi connectivity index (χ0n) is 41.9. The summed E-state index contributed by atoms with van der Waals surface area (Å²) in [6.45, 7) is 2.23. The van der Waals surface area contributed by atoms with Crippen LogP contribution in [-0.4, -0.2) is 230 Å². The van der Waals surface area contributed by atoms with Crippen molar-refractivity contribution in [3.63, 3.8) is 0 Å². The Bertz CT molecular complexity index is 1960. The molecular formula is C48H76N4O22. The van der Waals surface area contributed by atoms with Gasteiger partial charge < -0.3 is 110 Å². The number of unbranched alkanes of at least 4 members (excludes halogenated alkanes) is 5. The molecule has 1 aromatic rings. The van der Waals surface area contributed by atoms with Gasteiger partial charge in [-0.3, -0.25) is 19.2 Å². The first-order valence-electron chi connectivity index (χ1n) is 25.0. The first-order valence-corrected chi connectivity index (χ1v) is 25.0.